The summed E-state index contributed by atoms with van der Waals surface area (Å²) in [5.74, 6) is 0.685. The second kappa shape index (κ2) is 6.50. The van der Waals surface area contributed by atoms with Crippen molar-refractivity contribution >= 4 is 0 Å². The molecule has 2 rings (SSSR count). The van der Waals surface area contributed by atoms with Gasteiger partial charge in [-0.25, -0.2) is 0 Å². The minimum Gasteiger partial charge on any atom is -0.309 e. The number of benzene rings is 1. The zero-order valence-electron chi connectivity index (χ0n) is 14.7. The fourth-order valence-corrected chi connectivity index (χ4v) is 3.56. The molecule has 2 unspecified atom stereocenters. The first-order valence-corrected chi connectivity index (χ1v) is 8.39. The van der Waals surface area contributed by atoms with Gasteiger partial charge in [0.2, 0.25) is 0 Å². The third-order valence-electron chi connectivity index (χ3n) is 4.98. The molecule has 118 valence electrons. The highest BCUT2D eigenvalue weighted by Gasteiger charge is 2.35. The van der Waals surface area contributed by atoms with Gasteiger partial charge < -0.3 is 5.32 Å². The maximum Gasteiger partial charge on any atom is 0.0278 e. The van der Waals surface area contributed by atoms with Crippen LogP contribution >= 0.6 is 0 Å². The van der Waals surface area contributed by atoms with E-state index in [0.29, 0.717) is 12.0 Å². The molecule has 2 heteroatoms. The lowest BCUT2D eigenvalue weighted by molar-refractivity contribution is 0.0539. The van der Waals surface area contributed by atoms with Gasteiger partial charge in [-0.2, -0.15) is 0 Å². The van der Waals surface area contributed by atoms with Crippen LogP contribution in [0.3, 0.4) is 0 Å². The predicted octanol–water partition coefficient (Wildman–Crippen LogP) is 3.90. The lowest BCUT2D eigenvalue weighted by Gasteiger charge is -2.47. The minimum atomic E-state index is 0.254. The van der Waals surface area contributed by atoms with Gasteiger partial charge >= 0.3 is 0 Å². The number of nitrogens with one attached hydrogen (secondary N) is 1. The molecule has 1 aliphatic rings. The number of aryl methyl sites for hydroxylation is 2. The van der Waals surface area contributed by atoms with Crippen molar-refractivity contribution in [3.05, 3.63) is 34.9 Å². The highest BCUT2D eigenvalue weighted by atomic mass is 15.3. The molecule has 2 atom stereocenters. The van der Waals surface area contributed by atoms with Crippen LogP contribution in [0.2, 0.25) is 0 Å². The third kappa shape index (κ3) is 4.08. The standard InChI is InChI=1S/C19H32N2/c1-7-19(6)13-21(18(11-20-19)14(2)3)12-17-9-15(4)8-16(5)10-17/h8-10,14,18,20H,7,11-13H2,1-6H3. The Morgan fingerprint density at radius 2 is 1.86 bits per heavy atom. The Morgan fingerprint density at radius 1 is 1.24 bits per heavy atom. The molecule has 1 N–H and O–H groups in total. The van der Waals surface area contributed by atoms with E-state index in [1.807, 2.05) is 0 Å². The third-order valence-corrected chi connectivity index (χ3v) is 4.98. The molecule has 0 bridgehead atoms. The summed E-state index contributed by atoms with van der Waals surface area (Å²) >= 11 is 0. The average molecular weight is 288 g/mol. The molecule has 0 amide bonds. The van der Waals surface area contributed by atoms with Gasteiger partial charge in [-0.05, 0) is 38.7 Å². The second-order valence-corrected chi connectivity index (χ2v) is 7.51. The molecule has 1 heterocycles. The van der Waals surface area contributed by atoms with Gasteiger partial charge in [0.15, 0.2) is 0 Å². The van der Waals surface area contributed by atoms with E-state index in [1.165, 1.54) is 23.1 Å². The van der Waals surface area contributed by atoms with Gasteiger partial charge in [0.05, 0.1) is 0 Å². The first-order valence-electron chi connectivity index (χ1n) is 8.39. The van der Waals surface area contributed by atoms with Gasteiger partial charge in [-0.15, -0.1) is 0 Å². The van der Waals surface area contributed by atoms with E-state index in [4.69, 9.17) is 0 Å². The normalized spacial score (nSPS) is 27.3. The lowest BCUT2D eigenvalue weighted by atomic mass is 9.89. The van der Waals surface area contributed by atoms with E-state index in [2.05, 4.69) is 70.0 Å². The highest BCUT2D eigenvalue weighted by molar-refractivity contribution is 5.28. The summed E-state index contributed by atoms with van der Waals surface area (Å²) < 4.78 is 0. The molecule has 0 aromatic heterocycles. The van der Waals surface area contributed by atoms with E-state index in [-0.39, 0.29) is 5.54 Å². The van der Waals surface area contributed by atoms with Crippen LogP contribution in [0.25, 0.3) is 0 Å². The molecular weight excluding hydrogens is 256 g/mol. The molecule has 21 heavy (non-hydrogen) atoms. The number of nitrogens with zero attached hydrogens (tertiary/aromatic N) is 1. The summed E-state index contributed by atoms with van der Waals surface area (Å²) in [6.07, 6.45) is 1.18. The Bertz CT molecular complexity index is 460. The van der Waals surface area contributed by atoms with E-state index >= 15 is 0 Å². The van der Waals surface area contributed by atoms with Crippen LogP contribution in [-0.2, 0) is 6.54 Å². The summed E-state index contributed by atoms with van der Waals surface area (Å²) in [5, 5.41) is 3.77. The van der Waals surface area contributed by atoms with E-state index < -0.39 is 0 Å². The predicted molar refractivity (Wildman–Crippen MR) is 91.7 cm³/mol. The molecule has 0 radical (unpaired) electrons. The highest BCUT2D eigenvalue weighted by Crippen LogP contribution is 2.25. The maximum absolute atomic E-state index is 3.77. The largest absolute Gasteiger partial charge is 0.309 e. The van der Waals surface area contributed by atoms with Crippen LogP contribution in [0.15, 0.2) is 18.2 Å². The van der Waals surface area contributed by atoms with Crippen molar-refractivity contribution in [3.8, 4) is 0 Å². The molecule has 1 saturated heterocycles. The van der Waals surface area contributed by atoms with Gasteiger partial charge in [-0.3, -0.25) is 4.90 Å². The average Bonchev–Trinajstić information content (AvgIpc) is 2.37. The zero-order chi connectivity index (χ0) is 15.6. The fourth-order valence-electron chi connectivity index (χ4n) is 3.56. The molecule has 1 aliphatic heterocycles. The molecule has 0 aliphatic carbocycles. The number of rotatable bonds is 4. The molecule has 1 aromatic carbocycles. The van der Waals surface area contributed by atoms with Crippen molar-refractivity contribution in [1.29, 1.82) is 0 Å². The summed E-state index contributed by atoms with van der Waals surface area (Å²) in [7, 11) is 0. The molecule has 1 fully saturated rings. The van der Waals surface area contributed by atoms with Crippen LogP contribution in [0.4, 0.5) is 0 Å². The number of piperazine rings is 1. The lowest BCUT2D eigenvalue weighted by Crippen LogP contribution is -2.63. The van der Waals surface area contributed by atoms with Crippen molar-refractivity contribution in [1.82, 2.24) is 10.2 Å². The first kappa shape index (κ1) is 16.5. The van der Waals surface area contributed by atoms with Crippen LogP contribution in [0.1, 0.15) is 50.8 Å². The van der Waals surface area contributed by atoms with E-state index in [0.717, 1.165) is 19.6 Å². The Hall–Kier alpha value is -0.860. The summed E-state index contributed by atoms with van der Waals surface area (Å²) in [4.78, 5) is 2.69. The Balaban J connectivity index is 2.19. The van der Waals surface area contributed by atoms with Crippen LogP contribution in [-0.4, -0.2) is 29.6 Å². The molecule has 0 saturated carbocycles. The Morgan fingerprint density at radius 3 is 2.38 bits per heavy atom. The van der Waals surface area contributed by atoms with E-state index in [9.17, 15) is 0 Å². The summed E-state index contributed by atoms with van der Waals surface area (Å²) in [6.45, 7) is 17.0. The van der Waals surface area contributed by atoms with Gasteiger partial charge in [0, 0.05) is 31.2 Å². The number of hydrogen-bond donors (Lipinski definition) is 1. The van der Waals surface area contributed by atoms with Crippen molar-refractivity contribution in [2.45, 2.75) is 66.1 Å². The van der Waals surface area contributed by atoms with Crippen molar-refractivity contribution < 1.29 is 0 Å². The van der Waals surface area contributed by atoms with E-state index in [1.54, 1.807) is 0 Å². The summed E-state index contributed by atoms with van der Waals surface area (Å²) in [5.41, 5.74) is 4.46. The quantitative estimate of drug-likeness (QED) is 0.904. The van der Waals surface area contributed by atoms with Crippen molar-refractivity contribution in [3.63, 3.8) is 0 Å². The summed E-state index contributed by atoms with van der Waals surface area (Å²) in [6, 6.07) is 7.58. The number of hydrogen-bond acceptors (Lipinski definition) is 2. The molecule has 0 spiro atoms. The molecular formula is C19H32N2. The topological polar surface area (TPSA) is 15.3 Å². The first-order chi connectivity index (χ1) is 9.83. The second-order valence-electron chi connectivity index (χ2n) is 7.51. The fraction of sp³-hybridized carbons (Fsp3) is 0.684. The van der Waals surface area contributed by atoms with Crippen LogP contribution in [0.5, 0.6) is 0 Å². The smallest absolute Gasteiger partial charge is 0.0278 e. The Labute approximate surface area is 130 Å². The zero-order valence-corrected chi connectivity index (χ0v) is 14.7. The molecule has 1 aromatic rings. The van der Waals surface area contributed by atoms with Crippen molar-refractivity contribution in [2.24, 2.45) is 5.92 Å². The van der Waals surface area contributed by atoms with Gasteiger partial charge in [-0.1, -0.05) is 50.1 Å². The van der Waals surface area contributed by atoms with Crippen molar-refractivity contribution in [2.75, 3.05) is 13.1 Å². The Kier molecular flexibility index (Phi) is 5.11. The van der Waals surface area contributed by atoms with Crippen LogP contribution in [0, 0.1) is 19.8 Å². The SMILES string of the molecule is CCC1(C)CN(Cc2cc(C)cc(C)c2)C(C(C)C)CN1. The van der Waals surface area contributed by atoms with Gasteiger partial charge in [0.25, 0.3) is 0 Å². The minimum absolute atomic E-state index is 0.254. The van der Waals surface area contributed by atoms with Crippen LogP contribution < -0.4 is 5.32 Å². The monoisotopic (exact) mass is 288 g/mol. The molecule has 2 nitrogen and oxygen atoms in total. The maximum atomic E-state index is 3.77. The van der Waals surface area contributed by atoms with Gasteiger partial charge in [0.1, 0.15) is 0 Å².